The third kappa shape index (κ3) is 2.40. The van der Waals surface area contributed by atoms with Crippen LogP contribution in [0, 0.1) is 0 Å². The molecule has 0 atom stereocenters. The van der Waals surface area contributed by atoms with Crippen molar-refractivity contribution < 1.29 is 18.6 Å². The highest BCUT2D eigenvalue weighted by atomic mass is 19.3. The Bertz CT molecular complexity index is 692. The van der Waals surface area contributed by atoms with E-state index in [9.17, 15) is 13.9 Å². The van der Waals surface area contributed by atoms with Crippen molar-refractivity contribution in [2.75, 3.05) is 12.3 Å². The number of nitrogens with zero attached hydrogens (tertiary/aromatic N) is 2. The predicted molar refractivity (Wildman–Crippen MR) is 71.9 cm³/mol. The number of phenolic OH excluding ortho intramolecular Hbond substituents is 1. The van der Waals surface area contributed by atoms with E-state index in [4.69, 9.17) is 10.5 Å². The van der Waals surface area contributed by atoms with Gasteiger partial charge in [-0.25, -0.2) is 8.78 Å². The summed E-state index contributed by atoms with van der Waals surface area (Å²) in [5.41, 5.74) is 7.94. The lowest BCUT2D eigenvalue weighted by molar-refractivity contribution is 0.111. The molecule has 3 N–H and O–H groups in total. The Kier molecular flexibility index (Phi) is 3.42. The molecule has 0 unspecified atom stereocenters. The monoisotopic (exact) mass is 293 g/mol. The summed E-state index contributed by atoms with van der Waals surface area (Å²) in [6.45, 7) is 0.848. The van der Waals surface area contributed by atoms with E-state index in [2.05, 4.69) is 10.2 Å². The first kappa shape index (κ1) is 13.7. The Labute approximate surface area is 119 Å². The van der Waals surface area contributed by atoms with Gasteiger partial charge in [-0.3, -0.25) is 0 Å². The van der Waals surface area contributed by atoms with Crippen molar-refractivity contribution in [1.82, 2.24) is 10.2 Å². The summed E-state index contributed by atoms with van der Waals surface area (Å²) < 4.78 is 30.6. The van der Waals surface area contributed by atoms with Crippen molar-refractivity contribution >= 4 is 5.82 Å². The molecule has 0 radical (unpaired) electrons. The van der Waals surface area contributed by atoms with Crippen molar-refractivity contribution in [2.24, 2.45) is 0 Å². The molecule has 0 amide bonds. The second kappa shape index (κ2) is 5.25. The van der Waals surface area contributed by atoms with Gasteiger partial charge in [0.25, 0.3) is 6.43 Å². The highest BCUT2D eigenvalue weighted by Gasteiger charge is 2.22. The average molecular weight is 293 g/mol. The van der Waals surface area contributed by atoms with E-state index in [1.165, 1.54) is 12.1 Å². The van der Waals surface area contributed by atoms with Gasteiger partial charge in [0.15, 0.2) is 5.82 Å². The fraction of sp³-hybridized carbons (Fsp3) is 0.286. The smallest absolute Gasteiger partial charge is 0.263 e. The van der Waals surface area contributed by atoms with E-state index in [0.29, 0.717) is 30.9 Å². The number of aromatic nitrogens is 2. The van der Waals surface area contributed by atoms with Crippen LogP contribution in [0.15, 0.2) is 18.2 Å². The number of nitrogens with two attached hydrogens (primary N) is 1. The quantitative estimate of drug-likeness (QED) is 0.888. The molecule has 110 valence electrons. The first-order valence-electron chi connectivity index (χ1n) is 6.41. The molecule has 1 aliphatic rings. The lowest BCUT2D eigenvalue weighted by atomic mass is 9.97. The Morgan fingerprint density at radius 2 is 2.05 bits per heavy atom. The van der Waals surface area contributed by atoms with Crippen LogP contribution in [0.3, 0.4) is 0 Å². The van der Waals surface area contributed by atoms with Crippen molar-refractivity contribution in [3.05, 3.63) is 34.9 Å². The number of rotatable bonds is 2. The molecule has 0 fully saturated rings. The van der Waals surface area contributed by atoms with E-state index < -0.39 is 6.43 Å². The van der Waals surface area contributed by atoms with Crippen molar-refractivity contribution in [2.45, 2.75) is 19.5 Å². The topological polar surface area (TPSA) is 81.3 Å². The number of alkyl halides is 2. The van der Waals surface area contributed by atoms with Crippen LogP contribution in [0.2, 0.25) is 0 Å². The Morgan fingerprint density at radius 1 is 1.24 bits per heavy atom. The van der Waals surface area contributed by atoms with E-state index in [1.807, 2.05) is 0 Å². The molecular weight excluding hydrogens is 280 g/mol. The molecule has 1 aliphatic heterocycles. The fourth-order valence-electron chi connectivity index (χ4n) is 2.40. The van der Waals surface area contributed by atoms with Gasteiger partial charge < -0.3 is 15.6 Å². The summed E-state index contributed by atoms with van der Waals surface area (Å²) >= 11 is 0. The number of benzene rings is 1. The van der Waals surface area contributed by atoms with Crippen LogP contribution in [-0.4, -0.2) is 21.9 Å². The zero-order valence-electron chi connectivity index (χ0n) is 11.0. The van der Waals surface area contributed by atoms with Gasteiger partial charge in [0.05, 0.1) is 13.2 Å². The van der Waals surface area contributed by atoms with Gasteiger partial charge in [-0.2, -0.15) is 0 Å². The van der Waals surface area contributed by atoms with Crippen molar-refractivity contribution in [3.8, 4) is 17.0 Å². The van der Waals surface area contributed by atoms with Crippen LogP contribution >= 0.6 is 0 Å². The normalized spacial score (nSPS) is 14.2. The van der Waals surface area contributed by atoms with Gasteiger partial charge in [0.2, 0.25) is 0 Å². The number of fused-ring (bicyclic) bond motifs is 1. The third-order valence-corrected chi connectivity index (χ3v) is 3.49. The van der Waals surface area contributed by atoms with Gasteiger partial charge >= 0.3 is 0 Å². The first-order chi connectivity index (χ1) is 10.1. The first-order valence-corrected chi connectivity index (χ1v) is 6.41. The number of nitrogen functional groups attached to an aromatic ring is 1. The molecular formula is C14H13F2N3O2. The number of hydrogen-bond acceptors (Lipinski definition) is 5. The number of anilines is 1. The van der Waals surface area contributed by atoms with E-state index in [-0.39, 0.29) is 17.1 Å². The summed E-state index contributed by atoms with van der Waals surface area (Å²) in [7, 11) is 0. The number of phenols is 1. The predicted octanol–water partition coefficient (Wildman–Crippen LogP) is 2.44. The van der Waals surface area contributed by atoms with Crippen LogP contribution in [0.4, 0.5) is 14.6 Å². The minimum Gasteiger partial charge on any atom is -0.507 e. The maximum absolute atomic E-state index is 12.6. The molecule has 1 aromatic carbocycles. The molecule has 2 heterocycles. The Hall–Kier alpha value is -2.28. The number of halogens is 2. The van der Waals surface area contributed by atoms with Gasteiger partial charge in [-0.1, -0.05) is 6.07 Å². The summed E-state index contributed by atoms with van der Waals surface area (Å²) in [6, 6.07) is 3.74. The molecule has 0 saturated heterocycles. The molecule has 7 heteroatoms. The van der Waals surface area contributed by atoms with Crippen molar-refractivity contribution in [3.63, 3.8) is 0 Å². The van der Waals surface area contributed by atoms with Gasteiger partial charge in [-0.05, 0) is 24.1 Å². The number of aromatic hydroxyl groups is 1. The van der Waals surface area contributed by atoms with Gasteiger partial charge in [-0.15, -0.1) is 10.2 Å². The molecule has 2 aromatic rings. The summed E-state index contributed by atoms with van der Waals surface area (Å²) in [6.07, 6.45) is -2.05. The number of hydrogen-bond donors (Lipinski definition) is 2. The summed E-state index contributed by atoms with van der Waals surface area (Å²) in [4.78, 5) is 0. The standard InChI is InChI=1S/C14H13F2N3O2/c15-13(16)7-1-2-9(11(20)5-7)12-8-3-4-21-6-10(8)14(17)19-18-12/h1-2,5,13,20H,3-4,6H2,(H2,17,19). The van der Waals surface area contributed by atoms with Gasteiger partial charge in [0.1, 0.15) is 11.4 Å². The van der Waals surface area contributed by atoms with Crippen LogP contribution in [-0.2, 0) is 17.8 Å². The third-order valence-electron chi connectivity index (χ3n) is 3.49. The largest absolute Gasteiger partial charge is 0.507 e. The summed E-state index contributed by atoms with van der Waals surface area (Å²) in [5, 5.41) is 17.9. The zero-order chi connectivity index (χ0) is 15.0. The Balaban J connectivity index is 2.13. The van der Waals surface area contributed by atoms with E-state index >= 15 is 0 Å². The molecule has 1 aromatic heterocycles. The molecule has 5 nitrogen and oxygen atoms in total. The van der Waals surface area contributed by atoms with Crippen molar-refractivity contribution in [1.29, 1.82) is 0 Å². The highest BCUT2D eigenvalue weighted by Crippen LogP contribution is 2.36. The minimum atomic E-state index is -2.63. The minimum absolute atomic E-state index is 0.239. The van der Waals surface area contributed by atoms with Gasteiger partial charge in [0, 0.05) is 16.7 Å². The molecule has 21 heavy (non-hydrogen) atoms. The molecule has 0 saturated carbocycles. The lowest BCUT2D eigenvalue weighted by Gasteiger charge is -2.20. The fourth-order valence-corrected chi connectivity index (χ4v) is 2.40. The average Bonchev–Trinajstić information content (AvgIpc) is 2.48. The number of ether oxygens (including phenoxy) is 1. The van der Waals surface area contributed by atoms with E-state index in [1.54, 1.807) is 0 Å². The summed E-state index contributed by atoms with van der Waals surface area (Å²) in [5.74, 6) is 0.0395. The Morgan fingerprint density at radius 3 is 2.76 bits per heavy atom. The van der Waals surface area contributed by atoms with E-state index in [0.717, 1.165) is 17.2 Å². The molecule has 0 bridgehead atoms. The lowest BCUT2D eigenvalue weighted by Crippen LogP contribution is -2.16. The SMILES string of the molecule is Nc1nnc(-c2ccc(C(F)F)cc2O)c2c1COCC2. The second-order valence-electron chi connectivity index (χ2n) is 4.77. The van der Waals surface area contributed by atoms with Crippen LogP contribution in [0.1, 0.15) is 23.1 Å². The zero-order valence-corrected chi connectivity index (χ0v) is 11.0. The second-order valence-corrected chi connectivity index (χ2v) is 4.77. The maximum atomic E-state index is 12.6. The van der Waals surface area contributed by atoms with Crippen LogP contribution in [0.25, 0.3) is 11.3 Å². The molecule has 0 aliphatic carbocycles. The highest BCUT2D eigenvalue weighted by molar-refractivity contribution is 5.72. The van der Waals surface area contributed by atoms with Crippen LogP contribution < -0.4 is 5.73 Å². The molecule has 3 rings (SSSR count). The molecule has 0 spiro atoms. The maximum Gasteiger partial charge on any atom is 0.263 e. The van der Waals surface area contributed by atoms with Crippen LogP contribution in [0.5, 0.6) is 5.75 Å².